The van der Waals surface area contributed by atoms with Crippen molar-refractivity contribution in [3.63, 3.8) is 0 Å². The van der Waals surface area contributed by atoms with Crippen molar-refractivity contribution < 1.29 is 0 Å². The molecule has 5 heteroatoms. The van der Waals surface area contributed by atoms with Gasteiger partial charge in [0.05, 0.1) is 21.7 Å². The van der Waals surface area contributed by atoms with Crippen LogP contribution in [0.15, 0.2) is 36.4 Å². The molecule has 0 aliphatic rings. The fourth-order valence-electron chi connectivity index (χ4n) is 2.48. The van der Waals surface area contributed by atoms with Crippen LogP contribution in [0.5, 0.6) is 0 Å². The first-order valence-corrected chi connectivity index (χ1v) is 7.46. The number of rotatable bonds is 2. The average molecular weight is 320 g/mol. The van der Waals surface area contributed by atoms with Crippen molar-refractivity contribution >= 4 is 39.9 Å². The van der Waals surface area contributed by atoms with E-state index in [1.54, 1.807) is 6.07 Å². The fourth-order valence-corrected chi connectivity index (χ4v) is 2.76. The van der Waals surface area contributed by atoms with Crippen molar-refractivity contribution in [3.05, 3.63) is 46.4 Å². The van der Waals surface area contributed by atoms with E-state index in [-0.39, 0.29) is 6.04 Å². The summed E-state index contributed by atoms with van der Waals surface area (Å²) in [7, 11) is 0. The van der Waals surface area contributed by atoms with Gasteiger partial charge < -0.3 is 10.3 Å². The Kier molecular flexibility index (Phi) is 3.56. The van der Waals surface area contributed by atoms with Crippen LogP contribution in [0.25, 0.3) is 22.4 Å². The van der Waals surface area contributed by atoms with Gasteiger partial charge in [0.25, 0.3) is 0 Å². The Bertz CT molecular complexity index is 822. The van der Waals surface area contributed by atoms with Crippen molar-refractivity contribution in [1.29, 1.82) is 0 Å². The molecule has 2 N–H and O–H groups in total. The van der Waals surface area contributed by atoms with Gasteiger partial charge in [-0.2, -0.15) is 0 Å². The molecule has 2 aromatic carbocycles. The third kappa shape index (κ3) is 2.47. The highest BCUT2D eigenvalue weighted by atomic mass is 35.5. The Morgan fingerprint density at radius 1 is 1.10 bits per heavy atom. The number of nitrogens with two attached hydrogens (primary N) is 1. The average Bonchev–Trinajstić information content (AvgIpc) is 2.80. The summed E-state index contributed by atoms with van der Waals surface area (Å²) >= 11 is 12.1. The summed E-state index contributed by atoms with van der Waals surface area (Å²) in [6.07, 6.45) is 0. The molecule has 3 nitrogen and oxygen atoms in total. The second-order valence-electron chi connectivity index (χ2n) is 5.27. The largest absolute Gasteiger partial charge is 0.398 e. The molecule has 0 saturated carbocycles. The van der Waals surface area contributed by atoms with Crippen LogP contribution in [0.3, 0.4) is 0 Å². The van der Waals surface area contributed by atoms with E-state index in [0.29, 0.717) is 15.7 Å². The van der Waals surface area contributed by atoms with Gasteiger partial charge in [-0.25, -0.2) is 4.98 Å². The molecule has 0 saturated heterocycles. The normalized spacial score (nSPS) is 11.5. The number of fused-ring (bicyclic) bond motifs is 1. The lowest BCUT2D eigenvalue weighted by Crippen LogP contribution is -2.03. The van der Waals surface area contributed by atoms with Crippen molar-refractivity contribution in [2.24, 2.45) is 0 Å². The molecule has 0 spiro atoms. The topological polar surface area (TPSA) is 43.8 Å². The maximum atomic E-state index is 6.12. The molecule has 1 aromatic heterocycles. The van der Waals surface area contributed by atoms with E-state index in [4.69, 9.17) is 33.9 Å². The number of hydrogen-bond acceptors (Lipinski definition) is 2. The van der Waals surface area contributed by atoms with Gasteiger partial charge in [0.15, 0.2) is 0 Å². The Labute approximate surface area is 133 Å². The maximum Gasteiger partial charge on any atom is 0.141 e. The van der Waals surface area contributed by atoms with Crippen LogP contribution in [0, 0.1) is 0 Å². The van der Waals surface area contributed by atoms with Gasteiger partial charge in [-0.05, 0) is 50.2 Å². The number of halogens is 2. The van der Waals surface area contributed by atoms with Gasteiger partial charge in [-0.3, -0.25) is 0 Å². The number of anilines is 1. The number of nitrogen functional groups attached to an aromatic ring is 1. The minimum absolute atomic E-state index is 0.250. The minimum Gasteiger partial charge on any atom is -0.398 e. The third-order valence-electron chi connectivity index (χ3n) is 3.42. The van der Waals surface area contributed by atoms with Crippen LogP contribution in [0.4, 0.5) is 5.69 Å². The summed E-state index contributed by atoms with van der Waals surface area (Å²) < 4.78 is 2.16. The summed E-state index contributed by atoms with van der Waals surface area (Å²) in [5, 5.41) is 1.25. The lowest BCUT2D eigenvalue weighted by atomic mass is 10.2. The smallest absolute Gasteiger partial charge is 0.141 e. The molecule has 3 aromatic rings. The van der Waals surface area contributed by atoms with Crippen molar-refractivity contribution in [1.82, 2.24) is 9.55 Å². The van der Waals surface area contributed by atoms with E-state index in [9.17, 15) is 0 Å². The van der Waals surface area contributed by atoms with Crippen molar-refractivity contribution in [3.8, 4) is 11.4 Å². The molecule has 0 atom stereocenters. The second-order valence-corrected chi connectivity index (χ2v) is 6.11. The lowest BCUT2D eigenvalue weighted by Gasteiger charge is -2.13. The first kappa shape index (κ1) is 14.2. The zero-order chi connectivity index (χ0) is 15.1. The predicted molar refractivity (Wildman–Crippen MR) is 90.0 cm³/mol. The zero-order valence-corrected chi connectivity index (χ0v) is 13.3. The van der Waals surface area contributed by atoms with Crippen LogP contribution in [0.1, 0.15) is 19.9 Å². The van der Waals surface area contributed by atoms with E-state index in [0.717, 1.165) is 22.4 Å². The molecular formula is C16H15Cl2N3. The second kappa shape index (κ2) is 5.24. The van der Waals surface area contributed by atoms with Gasteiger partial charge in [0, 0.05) is 16.6 Å². The van der Waals surface area contributed by atoms with E-state index < -0.39 is 0 Å². The molecule has 0 radical (unpaired) electrons. The molecular weight excluding hydrogens is 305 g/mol. The van der Waals surface area contributed by atoms with Gasteiger partial charge in [0.2, 0.25) is 0 Å². The number of hydrogen-bond donors (Lipinski definition) is 1. The van der Waals surface area contributed by atoms with Gasteiger partial charge in [-0.15, -0.1) is 0 Å². The van der Waals surface area contributed by atoms with Gasteiger partial charge in [-0.1, -0.05) is 23.2 Å². The van der Waals surface area contributed by atoms with Crippen LogP contribution in [0.2, 0.25) is 10.0 Å². The summed E-state index contributed by atoms with van der Waals surface area (Å²) in [6.45, 7) is 4.23. The summed E-state index contributed by atoms with van der Waals surface area (Å²) in [5.41, 5.74) is 9.33. The maximum absolute atomic E-state index is 6.12. The van der Waals surface area contributed by atoms with Gasteiger partial charge in [0.1, 0.15) is 5.82 Å². The van der Waals surface area contributed by atoms with Crippen LogP contribution in [-0.2, 0) is 0 Å². The first-order valence-electron chi connectivity index (χ1n) is 6.70. The molecule has 3 rings (SSSR count). The molecule has 0 aliphatic carbocycles. The first-order chi connectivity index (χ1) is 9.97. The third-order valence-corrected chi connectivity index (χ3v) is 4.00. The summed E-state index contributed by atoms with van der Waals surface area (Å²) in [5.74, 6) is 0.866. The Morgan fingerprint density at radius 2 is 1.86 bits per heavy atom. The number of aromatic nitrogens is 2. The lowest BCUT2D eigenvalue weighted by molar-refractivity contribution is 0.624. The van der Waals surface area contributed by atoms with Crippen LogP contribution < -0.4 is 5.73 Å². The number of benzene rings is 2. The van der Waals surface area contributed by atoms with E-state index in [1.807, 2.05) is 30.3 Å². The number of imidazole rings is 1. The van der Waals surface area contributed by atoms with Crippen molar-refractivity contribution in [2.75, 3.05) is 5.73 Å². The Hall–Kier alpha value is -1.71. The minimum atomic E-state index is 0.250. The fraction of sp³-hybridized carbons (Fsp3) is 0.188. The monoisotopic (exact) mass is 319 g/mol. The zero-order valence-electron chi connectivity index (χ0n) is 11.8. The molecule has 21 heavy (non-hydrogen) atoms. The predicted octanol–water partition coefficient (Wildman–Crippen LogP) is 5.17. The highest BCUT2D eigenvalue weighted by molar-refractivity contribution is 6.33. The quantitative estimate of drug-likeness (QED) is 0.662. The van der Waals surface area contributed by atoms with Gasteiger partial charge >= 0.3 is 0 Å². The molecule has 0 aliphatic heterocycles. The van der Waals surface area contributed by atoms with Crippen molar-refractivity contribution in [2.45, 2.75) is 19.9 Å². The SMILES string of the molecule is CC(C)n1c(-c2ccc(Cl)c(N)c2)nc2ccc(Cl)cc21. The molecule has 108 valence electrons. The van der Waals surface area contributed by atoms with E-state index in [1.165, 1.54) is 0 Å². The number of nitrogens with zero attached hydrogens (tertiary/aromatic N) is 2. The highest BCUT2D eigenvalue weighted by Crippen LogP contribution is 2.32. The molecule has 0 unspecified atom stereocenters. The van der Waals surface area contributed by atoms with Crippen LogP contribution >= 0.6 is 23.2 Å². The molecule has 0 fully saturated rings. The summed E-state index contributed by atoms with van der Waals surface area (Å²) in [6, 6.07) is 11.5. The highest BCUT2D eigenvalue weighted by Gasteiger charge is 2.15. The van der Waals surface area contributed by atoms with E-state index >= 15 is 0 Å². The Morgan fingerprint density at radius 3 is 2.52 bits per heavy atom. The standard InChI is InChI=1S/C16H15Cl2N3/c1-9(2)21-15-8-11(17)4-6-14(15)20-16(21)10-3-5-12(18)13(19)7-10/h3-9H,19H2,1-2H3. The van der Waals surface area contributed by atoms with Crippen LogP contribution in [-0.4, -0.2) is 9.55 Å². The Balaban J connectivity index is 2.30. The molecule has 0 amide bonds. The molecule has 1 heterocycles. The van der Waals surface area contributed by atoms with E-state index in [2.05, 4.69) is 18.4 Å². The summed E-state index contributed by atoms with van der Waals surface area (Å²) in [4.78, 5) is 4.72. The molecule has 0 bridgehead atoms.